The van der Waals surface area contributed by atoms with Crippen molar-refractivity contribution < 1.29 is 26.9 Å². The van der Waals surface area contributed by atoms with Gasteiger partial charge in [-0.05, 0) is 61.0 Å². The number of benzene rings is 2. The van der Waals surface area contributed by atoms with E-state index in [0.717, 1.165) is 24.4 Å². The molecule has 0 aliphatic carbocycles. The van der Waals surface area contributed by atoms with Crippen LogP contribution in [0.1, 0.15) is 18.1 Å². The quantitative estimate of drug-likeness (QED) is 0.474. The highest BCUT2D eigenvalue weighted by Gasteiger charge is 2.59. The summed E-state index contributed by atoms with van der Waals surface area (Å²) >= 11 is 0. The lowest BCUT2D eigenvalue weighted by atomic mass is 9.90. The molecule has 0 amide bonds. The maximum Gasteiger partial charge on any atom is 0.426 e. The SMILES string of the molecule is CC1=CC=C(C(O)(c2ccc(Nc3ccc(F)cc3)c(C=N)c2)C(F)(F)F)S1=O. The molecule has 0 radical (unpaired) electrons. The van der Waals surface area contributed by atoms with Gasteiger partial charge in [0.05, 0.1) is 15.7 Å². The maximum absolute atomic E-state index is 13.9. The van der Waals surface area contributed by atoms with E-state index in [4.69, 9.17) is 5.41 Å². The van der Waals surface area contributed by atoms with Gasteiger partial charge < -0.3 is 15.8 Å². The minimum absolute atomic E-state index is 0.0589. The van der Waals surface area contributed by atoms with Gasteiger partial charge >= 0.3 is 6.18 Å². The standard InChI is InChI=1S/C20H16F4N2O2S/c1-12-2-9-18(29(12)28)19(27,20(22,23)24)14-3-8-17(13(10-14)11-25)26-16-6-4-15(21)5-7-16/h2-11,25-27H,1H3. The molecule has 0 fully saturated rings. The van der Waals surface area contributed by atoms with Crippen LogP contribution in [0.4, 0.5) is 28.9 Å². The first-order chi connectivity index (χ1) is 13.6. The zero-order valence-corrected chi connectivity index (χ0v) is 15.9. The Kier molecular flexibility index (Phi) is 5.46. The van der Waals surface area contributed by atoms with Gasteiger partial charge in [0, 0.05) is 28.1 Å². The lowest BCUT2D eigenvalue weighted by Crippen LogP contribution is -2.45. The molecule has 2 atom stereocenters. The summed E-state index contributed by atoms with van der Waals surface area (Å²) in [5.74, 6) is -0.449. The molecule has 29 heavy (non-hydrogen) atoms. The lowest BCUT2D eigenvalue weighted by molar-refractivity contribution is -0.247. The van der Waals surface area contributed by atoms with Crippen LogP contribution >= 0.6 is 0 Å². The van der Waals surface area contributed by atoms with Crippen LogP contribution in [0.25, 0.3) is 0 Å². The summed E-state index contributed by atoms with van der Waals surface area (Å²) in [6, 6.07) is 8.62. The van der Waals surface area contributed by atoms with E-state index in [-0.39, 0.29) is 16.2 Å². The number of nitrogens with one attached hydrogen (secondary N) is 2. The van der Waals surface area contributed by atoms with Crippen molar-refractivity contribution in [1.29, 1.82) is 5.41 Å². The maximum atomic E-state index is 13.9. The van der Waals surface area contributed by atoms with E-state index in [9.17, 15) is 26.9 Å². The minimum Gasteiger partial charge on any atom is -0.372 e. The van der Waals surface area contributed by atoms with Gasteiger partial charge in [0.15, 0.2) is 0 Å². The Balaban J connectivity index is 2.05. The summed E-state index contributed by atoms with van der Waals surface area (Å²) in [7, 11) is -2.13. The third-order valence-corrected chi connectivity index (χ3v) is 6.03. The molecular weight excluding hydrogens is 408 g/mol. The number of aliphatic hydroxyl groups is 1. The topological polar surface area (TPSA) is 73.2 Å². The number of hydrogen-bond donors (Lipinski definition) is 3. The summed E-state index contributed by atoms with van der Waals surface area (Å²) < 4.78 is 67.0. The van der Waals surface area contributed by atoms with Crippen molar-refractivity contribution in [1.82, 2.24) is 0 Å². The van der Waals surface area contributed by atoms with Gasteiger partial charge in [0.25, 0.3) is 0 Å². The van der Waals surface area contributed by atoms with E-state index >= 15 is 0 Å². The van der Waals surface area contributed by atoms with E-state index in [2.05, 4.69) is 5.32 Å². The van der Waals surface area contributed by atoms with Gasteiger partial charge in [-0.3, -0.25) is 0 Å². The van der Waals surface area contributed by atoms with Crippen LogP contribution in [-0.4, -0.2) is 21.7 Å². The molecule has 1 aliphatic heterocycles. The molecule has 0 spiro atoms. The van der Waals surface area contributed by atoms with Crippen molar-refractivity contribution in [2.75, 3.05) is 5.32 Å². The zero-order valence-electron chi connectivity index (χ0n) is 15.0. The van der Waals surface area contributed by atoms with Crippen LogP contribution in [0, 0.1) is 11.2 Å². The first-order valence-electron chi connectivity index (χ1n) is 8.35. The predicted octanol–water partition coefficient (Wildman–Crippen LogP) is 4.87. The lowest BCUT2D eigenvalue weighted by Gasteiger charge is -2.32. The average Bonchev–Trinajstić information content (AvgIpc) is 3.01. The van der Waals surface area contributed by atoms with Crippen molar-refractivity contribution in [2.24, 2.45) is 0 Å². The zero-order chi connectivity index (χ0) is 21.4. The highest BCUT2D eigenvalue weighted by molar-refractivity contribution is 7.93. The van der Waals surface area contributed by atoms with E-state index in [1.54, 1.807) is 0 Å². The first-order valence-corrected chi connectivity index (χ1v) is 9.50. The normalized spacial score (nSPS) is 18.6. The fourth-order valence-electron chi connectivity index (χ4n) is 2.90. The van der Waals surface area contributed by atoms with Gasteiger partial charge in [0.1, 0.15) is 5.82 Å². The van der Waals surface area contributed by atoms with Crippen LogP contribution in [0.2, 0.25) is 0 Å². The van der Waals surface area contributed by atoms with E-state index in [1.165, 1.54) is 43.3 Å². The Morgan fingerprint density at radius 2 is 1.76 bits per heavy atom. The fourth-order valence-corrected chi connectivity index (χ4v) is 4.13. The molecule has 1 heterocycles. The van der Waals surface area contributed by atoms with Crippen LogP contribution in [0.3, 0.4) is 0 Å². The number of alkyl halides is 3. The Bertz CT molecular complexity index is 1050. The molecule has 3 rings (SSSR count). The molecule has 152 valence electrons. The molecule has 4 nitrogen and oxygen atoms in total. The van der Waals surface area contributed by atoms with Gasteiger partial charge in [-0.25, -0.2) is 8.60 Å². The molecule has 3 N–H and O–H groups in total. The van der Waals surface area contributed by atoms with Crippen LogP contribution in [0.15, 0.2) is 64.4 Å². The molecular formula is C20H16F4N2O2S. The first kappa shape index (κ1) is 20.9. The molecule has 9 heteroatoms. The third kappa shape index (κ3) is 3.75. The van der Waals surface area contributed by atoms with Crippen molar-refractivity contribution in [2.45, 2.75) is 18.7 Å². The summed E-state index contributed by atoms with van der Waals surface area (Å²) in [6.07, 6.45) is -2.04. The molecule has 0 saturated heterocycles. The average molecular weight is 424 g/mol. The number of rotatable bonds is 5. The van der Waals surface area contributed by atoms with Crippen molar-refractivity contribution in [3.63, 3.8) is 0 Å². The van der Waals surface area contributed by atoms with Gasteiger partial charge in [-0.1, -0.05) is 6.07 Å². The Labute approximate surface area is 166 Å². The van der Waals surface area contributed by atoms with E-state index in [0.29, 0.717) is 5.69 Å². The largest absolute Gasteiger partial charge is 0.426 e. The summed E-state index contributed by atoms with van der Waals surface area (Å²) in [6.45, 7) is 1.41. The van der Waals surface area contributed by atoms with Crippen LogP contribution < -0.4 is 5.32 Å². The second-order valence-electron chi connectivity index (χ2n) is 6.36. The number of hydrogen-bond acceptors (Lipinski definition) is 4. The Morgan fingerprint density at radius 3 is 2.28 bits per heavy atom. The Hall–Kier alpha value is -2.78. The molecule has 0 saturated carbocycles. The number of halogens is 4. The van der Waals surface area contributed by atoms with Gasteiger partial charge in [0.2, 0.25) is 5.60 Å². The molecule has 0 aromatic heterocycles. The summed E-state index contributed by atoms with van der Waals surface area (Å²) in [4.78, 5) is -0.484. The third-order valence-electron chi connectivity index (χ3n) is 4.48. The second-order valence-corrected chi connectivity index (χ2v) is 7.98. The Morgan fingerprint density at radius 1 is 1.10 bits per heavy atom. The highest BCUT2D eigenvalue weighted by Crippen LogP contribution is 2.48. The summed E-state index contributed by atoms with van der Waals surface area (Å²) in [5.41, 5.74) is -3.22. The van der Waals surface area contributed by atoms with Crippen molar-refractivity contribution >= 4 is 28.4 Å². The number of anilines is 2. The van der Waals surface area contributed by atoms with Crippen LogP contribution in [-0.2, 0) is 16.4 Å². The van der Waals surface area contributed by atoms with Gasteiger partial charge in [-0.2, -0.15) is 13.2 Å². The molecule has 2 unspecified atom stereocenters. The number of allylic oxidation sites excluding steroid dienone is 3. The van der Waals surface area contributed by atoms with Crippen LogP contribution in [0.5, 0.6) is 0 Å². The molecule has 2 aromatic carbocycles. The highest BCUT2D eigenvalue weighted by atomic mass is 32.2. The van der Waals surface area contributed by atoms with Crippen molar-refractivity contribution in [3.8, 4) is 0 Å². The second kappa shape index (κ2) is 7.57. The molecule has 0 bridgehead atoms. The fraction of sp³-hybridized carbons (Fsp3) is 0.150. The van der Waals surface area contributed by atoms with E-state index < -0.39 is 38.9 Å². The predicted molar refractivity (Wildman–Crippen MR) is 104 cm³/mol. The van der Waals surface area contributed by atoms with Crippen molar-refractivity contribution in [3.05, 3.63) is 81.4 Å². The summed E-state index contributed by atoms with van der Waals surface area (Å²) in [5, 5.41) is 21.1. The molecule has 1 aliphatic rings. The molecule has 2 aromatic rings. The smallest absolute Gasteiger partial charge is 0.372 e. The van der Waals surface area contributed by atoms with Gasteiger partial charge in [-0.15, -0.1) is 0 Å². The minimum atomic E-state index is -5.14. The monoisotopic (exact) mass is 424 g/mol. The van der Waals surface area contributed by atoms with E-state index in [1.807, 2.05) is 0 Å².